The van der Waals surface area contributed by atoms with Gasteiger partial charge in [-0.25, -0.2) is 14.0 Å². The van der Waals surface area contributed by atoms with E-state index >= 15 is 0 Å². The maximum absolute atomic E-state index is 14.7. The van der Waals surface area contributed by atoms with Crippen molar-refractivity contribution < 1.29 is 18.4 Å². The van der Waals surface area contributed by atoms with Gasteiger partial charge in [-0.3, -0.25) is 0 Å². The molecule has 22 heavy (non-hydrogen) atoms. The van der Waals surface area contributed by atoms with Crippen molar-refractivity contribution in [2.45, 2.75) is 13.8 Å². The highest BCUT2D eigenvalue weighted by Gasteiger charge is 2.24. The largest absolute Gasteiger partial charge is 0.465 e. The maximum Gasteiger partial charge on any atom is 0.340 e. The molecule has 0 bridgehead atoms. The number of carbonyl (C=O) groups excluding carboxylic acids is 1. The Morgan fingerprint density at radius 1 is 1.32 bits per heavy atom. The molecular formula is C14H12FN3O4. The molecule has 0 amide bonds. The lowest BCUT2D eigenvalue weighted by atomic mass is 9.99. The summed E-state index contributed by atoms with van der Waals surface area (Å²) in [6.45, 7) is 3.30. The minimum atomic E-state index is -0.687. The fraction of sp³-hybridized carbons (Fsp3) is 0.214. The van der Waals surface area contributed by atoms with Gasteiger partial charge in [-0.05, 0) is 19.9 Å². The zero-order chi connectivity index (χ0) is 16.0. The van der Waals surface area contributed by atoms with Gasteiger partial charge in [0, 0.05) is 5.56 Å². The fourth-order valence-electron chi connectivity index (χ4n) is 2.48. The second-order valence-electron chi connectivity index (χ2n) is 4.81. The third-order valence-electron chi connectivity index (χ3n) is 3.45. The molecule has 2 N–H and O–H groups in total. The lowest BCUT2D eigenvalue weighted by Crippen LogP contribution is -2.05. The molecule has 7 nitrogen and oxygen atoms in total. The molecule has 0 aliphatic carbocycles. The first-order valence-electron chi connectivity index (χ1n) is 6.40. The average molecular weight is 305 g/mol. The lowest BCUT2D eigenvalue weighted by Gasteiger charge is -2.07. The van der Waals surface area contributed by atoms with Crippen molar-refractivity contribution in [3.8, 4) is 11.1 Å². The fourth-order valence-corrected chi connectivity index (χ4v) is 2.48. The van der Waals surface area contributed by atoms with Crippen LogP contribution in [0.4, 0.5) is 4.39 Å². The number of rotatable bonds is 2. The van der Waals surface area contributed by atoms with Crippen LogP contribution in [0.1, 0.15) is 21.8 Å². The van der Waals surface area contributed by atoms with E-state index in [-0.39, 0.29) is 22.2 Å². The van der Waals surface area contributed by atoms with Crippen LogP contribution >= 0.6 is 0 Å². The van der Waals surface area contributed by atoms with Crippen LogP contribution in [-0.2, 0) is 4.74 Å². The molecule has 0 aliphatic rings. The van der Waals surface area contributed by atoms with Crippen LogP contribution < -0.4 is 5.69 Å². The standard InChI is InChI=1S/C14H12FN3O4/c1-5-9(6(2)22-18-5)7-4-8(13(19)21-3)11-12(10(7)15)17-14(20)16-11/h4H,1-3H3,(H2,16,17,20). The molecule has 0 aliphatic heterocycles. The number of aryl methyl sites for hydroxylation is 2. The highest BCUT2D eigenvalue weighted by atomic mass is 19.1. The number of nitrogens with zero attached hydrogens (tertiary/aromatic N) is 1. The number of aromatic nitrogens is 3. The summed E-state index contributed by atoms with van der Waals surface area (Å²) < 4.78 is 24.5. The zero-order valence-electron chi connectivity index (χ0n) is 12.0. The van der Waals surface area contributed by atoms with Crippen LogP contribution in [0, 0.1) is 19.7 Å². The summed E-state index contributed by atoms with van der Waals surface area (Å²) in [5.74, 6) is -0.951. The smallest absolute Gasteiger partial charge is 0.340 e. The van der Waals surface area contributed by atoms with Crippen LogP contribution in [0.2, 0.25) is 0 Å². The predicted octanol–water partition coefficient (Wildman–Crippen LogP) is 2.05. The normalized spacial score (nSPS) is 11.1. The van der Waals surface area contributed by atoms with E-state index in [0.29, 0.717) is 17.0 Å². The Morgan fingerprint density at radius 2 is 2.00 bits per heavy atom. The molecule has 114 valence electrons. The molecule has 0 unspecified atom stereocenters. The van der Waals surface area contributed by atoms with E-state index < -0.39 is 17.5 Å². The minimum Gasteiger partial charge on any atom is -0.465 e. The number of hydrogen-bond acceptors (Lipinski definition) is 5. The molecule has 0 spiro atoms. The van der Waals surface area contributed by atoms with Crippen molar-refractivity contribution in [1.82, 2.24) is 15.1 Å². The van der Waals surface area contributed by atoms with Gasteiger partial charge < -0.3 is 19.2 Å². The quantitative estimate of drug-likeness (QED) is 0.706. The van der Waals surface area contributed by atoms with Crippen molar-refractivity contribution in [2.24, 2.45) is 0 Å². The molecule has 2 aromatic heterocycles. The Labute approximate surface area is 123 Å². The second-order valence-corrected chi connectivity index (χ2v) is 4.81. The topological polar surface area (TPSA) is 101 Å². The predicted molar refractivity (Wildman–Crippen MR) is 75.2 cm³/mol. The number of nitrogens with one attached hydrogen (secondary N) is 2. The first-order chi connectivity index (χ1) is 10.4. The number of benzene rings is 1. The third-order valence-corrected chi connectivity index (χ3v) is 3.45. The first kappa shape index (κ1) is 14.1. The van der Waals surface area contributed by atoms with Gasteiger partial charge in [0.15, 0.2) is 5.82 Å². The van der Waals surface area contributed by atoms with Gasteiger partial charge in [-0.2, -0.15) is 0 Å². The van der Waals surface area contributed by atoms with E-state index in [1.807, 2.05) is 0 Å². The monoisotopic (exact) mass is 305 g/mol. The Bertz CT molecular complexity index is 932. The summed E-state index contributed by atoms with van der Waals surface area (Å²) in [7, 11) is 1.21. The second kappa shape index (κ2) is 4.83. The van der Waals surface area contributed by atoms with Gasteiger partial charge in [0.2, 0.25) is 0 Å². The summed E-state index contributed by atoms with van der Waals surface area (Å²) in [6, 6.07) is 1.32. The molecular weight excluding hydrogens is 293 g/mol. The van der Waals surface area contributed by atoms with Crippen LogP contribution in [0.15, 0.2) is 15.4 Å². The number of ether oxygens (including phenoxy) is 1. The molecule has 1 aromatic carbocycles. The number of methoxy groups -OCH3 is 1. The number of H-pyrrole nitrogens is 2. The summed E-state index contributed by atoms with van der Waals surface area (Å²) in [6.07, 6.45) is 0. The minimum absolute atomic E-state index is 0.0484. The Kier molecular flexibility index (Phi) is 3.09. The molecule has 2 heterocycles. The van der Waals surface area contributed by atoms with Gasteiger partial charge in [0.25, 0.3) is 0 Å². The van der Waals surface area contributed by atoms with E-state index in [2.05, 4.69) is 19.9 Å². The van der Waals surface area contributed by atoms with Crippen molar-refractivity contribution >= 4 is 17.0 Å². The number of halogens is 1. The molecule has 0 saturated heterocycles. The lowest BCUT2D eigenvalue weighted by molar-refractivity contribution is 0.0603. The zero-order valence-corrected chi connectivity index (χ0v) is 12.0. The Morgan fingerprint density at radius 3 is 2.59 bits per heavy atom. The molecule has 0 radical (unpaired) electrons. The number of hydrogen-bond donors (Lipinski definition) is 2. The number of carbonyl (C=O) groups is 1. The number of aromatic amines is 2. The number of fused-ring (bicyclic) bond motifs is 1. The van der Waals surface area contributed by atoms with Crippen molar-refractivity contribution in [2.75, 3.05) is 7.11 Å². The SMILES string of the molecule is COC(=O)c1cc(-c2c(C)noc2C)c(F)c2[nH]c(=O)[nH]c12. The van der Waals surface area contributed by atoms with Gasteiger partial charge in [-0.15, -0.1) is 0 Å². The third kappa shape index (κ3) is 1.92. The molecule has 3 rings (SSSR count). The van der Waals surface area contributed by atoms with E-state index in [0.717, 1.165) is 0 Å². The summed E-state index contributed by atoms with van der Waals surface area (Å²) >= 11 is 0. The highest BCUT2D eigenvalue weighted by Crippen LogP contribution is 2.33. The average Bonchev–Trinajstić information content (AvgIpc) is 3.03. The van der Waals surface area contributed by atoms with Gasteiger partial charge >= 0.3 is 11.7 Å². The van der Waals surface area contributed by atoms with Crippen LogP contribution in [-0.4, -0.2) is 28.2 Å². The summed E-state index contributed by atoms with van der Waals surface area (Å²) in [4.78, 5) is 28.1. The molecule has 0 atom stereocenters. The number of esters is 1. The van der Waals surface area contributed by atoms with Gasteiger partial charge in [0.05, 0.1) is 29.4 Å². The molecule has 8 heteroatoms. The first-order valence-corrected chi connectivity index (χ1v) is 6.40. The van der Waals surface area contributed by atoms with E-state index in [1.165, 1.54) is 13.2 Å². The van der Waals surface area contributed by atoms with Crippen molar-refractivity contribution in [1.29, 1.82) is 0 Å². The molecule has 0 fully saturated rings. The van der Waals surface area contributed by atoms with Crippen molar-refractivity contribution in [3.05, 3.63) is 39.4 Å². The maximum atomic E-state index is 14.7. The summed E-state index contributed by atoms with van der Waals surface area (Å²) in [5, 5.41) is 3.78. The van der Waals surface area contributed by atoms with E-state index in [1.54, 1.807) is 13.8 Å². The van der Waals surface area contributed by atoms with Gasteiger partial charge in [-0.1, -0.05) is 5.16 Å². The Balaban J connectivity index is 2.44. The molecule has 3 aromatic rings. The van der Waals surface area contributed by atoms with Crippen LogP contribution in [0.5, 0.6) is 0 Å². The van der Waals surface area contributed by atoms with E-state index in [4.69, 9.17) is 4.52 Å². The number of imidazole rings is 1. The van der Waals surface area contributed by atoms with Crippen molar-refractivity contribution in [3.63, 3.8) is 0 Å². The van der Waals surface area contributed by atoms with Crippen LogP contribution in [0.25, 0.3) is 22.2 Å². The Hall–Kier alpha value is -2.90. The molecule has 0 saturated carbocycles. The van der Waals surface area contributed by atoms with Gasteiger partial charge in [0.1, 0.15) is 11.3 Å². The van der Waals surface area contributed by atoms with Crippen LogP contribution in [0.3, 0.4) is 0 Å². The van der Waals surface area contributed by atoms with E-state index in [9.17, 15) is 14.0 Å². The highest BCUT2D eigenvalue weighted by molar-refractivity contribution is 6.04. The summed E-state index contributed by atoms with van der Waals surface area (Å²) in [5.41, 5.74) is 0.422.